The number of halogens is 2. The van der Waals surface area contributed by atoms with E-state index >= 15 is 0 Å². The van der Waals surface area contributed by atoms with Crippen molar-refractivity contribution < 1.29 is 23.5 Å². The molecule has 0 bridgehead atoms. The number of hydrogen-bond donors (Lipinski definition) is 0. The molecule has 92 valence electrons. The Morgan fingerprint density at radius 3 is 2.59 bits per heavy atom. The molecule has 0 heterocycles. The zero-order valence-corrected chi connectivity index (χ0v) is 10.0. The first-order valence-corrected chi connectivity index (χ1v) is 5.14. The molecule has 0 amide bonds. The maximum Gasteiger partial charge on any atom is 0.379 e. The number of ether oxygens (including phenoxy) is 2. The summed E-state index contributed by atoms with van der Waals surface area (Å²) in [7, 11) is 1.21. The van der Waals surface area contributed by atoms with Crippen molar-refractivity contribution in [1.29, 1.82) is 0 Å². The van der Waals surface area contributed by atoms with Crippen LogP contribution in [0, 0.1) is 5.82 Å². The minimum absolute atomic E-state index is 0.0189. The lowest BCUT2D eigenvalue weighted by molar-refractivity contribution is -0.137. The van der Waals surface area contributed by atoms with Crippen LogP contribution in [0.15, 0.2) is 12.1 Å². The molecule has 0 aliphatic carbocycles. The van der Waals surface area contributed by atoms with Crippen molar-refractivity contribution in [3.8, 4) is 5.75 Å². The molecular formula is C11H10ClFO4. The van der Waals surface area contributed by atoms with E-state index in [9.17, 15) is 14.0 Å². The van der Waals surface area contributed by atoms with E-state index in [1.165, 1.54) is 13.2 Å². The zero-order valence-electron chi connectivity index (χ0n) is 9.25. The number of methoxy groups -OCH3 is 1. The first-order valence-electron chi connectivity index (χ1n) is 4.76. The predicted octanol–water partition coefficient (Wildman–Crippen LogP) is 2.23. The Labute approximate surface area is 102 Å². The summed E-state index contributed by atoms with van der Waals surface area (Å²) in [6.07, 6.45) is 0. The van der Waals surface area contributed by atoms with E-state index in [1.54, 1.807) is 6.92 Å². The normalized spacial score (nSPS) is 9.88. The van der Waals surface area contributed by atoms with E-state index in [4.69, 9.17) is 16.3 Å². The summed E-state index contributed by atoms with van der Waals surface area (Å²) in [5.74, 6) is -3.44. The number of rotatable bonds is 4. The molecule has 0 aliphatic rings. The van der Waals surface area contributed by atoms with Gasteiger partial charge in [0.05, 0.1) is 24.3 Å². The van der Waals surface area contributed by atoms with Crippen LogP contribution in [0.2, 0.25) is 5.02 Å². The second kappa shape index (κ2) is 5.63. The smallest absolute Gasteiger partial charge is 0.379 e. The monoisotopic (exact) mass is 260 g/mol. The van der Waals surface area contributed by atoms with Gasteiger partial charge in [-0.3, -0.25) is 4.79 Å². The fraction of sp³-hybridized carbons (Fsp3) is 0.273. The van der Waals surface area contributed by atoms with Gasteiger partial charge in [0, 0.05) is 0 Å². The molecule has 0 aromatic heterocycles. The second-order valence-electron chi connectivity index (χ2n) is 2.99. The van der Waals surface area contributed by atoms with E-state index in [0.717, 1.165) is 6.07 Å². The van der Waals surface area contributed by atoms with Crippen molar-refractivity contribution >= 4 is 23.4 Å². The van der Waals surface area contributed by atoms with Crippen LogP contribution >= 0.6 is 11.6 Å². The van der Waals surface area contributed by atoms with Crippen molar-refractivity contribution in [2.24, 2.45) is 0 Å². The SMILES string of the molecule is CCOC(=O)C(=O)c1ccc(Cl)c(OC)c1F. The molecule has 1 aromatic carbocycles. The maximum atomic E-state index is 13.7. The lowest BCUT2D eigenvalue weighted by Crippen LogP contribution is -2.19. The molecule has 0 N–H and O–H groups in total. The molecular weight excluding hydrogens is 251 g/mol. The minimum atomic E-state index is -1.12. The first-order chi connectivity index (χ1) is 8.02. The highest BCUT2D eigenvalue weighted by atomic mass is 35.5. The molecule has 0 saturated carbocycles. The van der Waals surface area contributed by atoms with Crippen LogP contribution in [-0.4, -0.2) is 25.5 Å². The van der Waals surface area contributed by atoms with Gasteiger partial charge < -0.3 is 9.47 Å². The zero-order chi connectivity index (χ0) is 13.0. The van der Waals surface area contributed by atoms with Gasteiger partial charge >= 0.3 is 5.97 Å². The van der Waals surface area contributed by atoms with Crippen LogP contribution in [0.5, 0.6) is 5.75 Å². The van der Waals surface area contributed by atoms with Crippen molar-refractivity contribution in [2.75, 3.05) is 13.7 Å². The van der Waals surface area contributed by atoms with E-state index in [0.29, 0.717) is 0 Å². The topological polar surface area (TPSA) is 52.6 Å². The summed E-state index contributed by atoms with van der Waals surface area (Å²) in [5.41, 5.74) is -0.426. The lowest BCUT2D eigenvalue weighted by atomic mass is 10.1. The maximum absolute atomic E-state index is 13.7. The molecule has 6 heteroatoms. The van der Waals surface area contributed by atoms with E-state index < -0.39 is 23.1 Å². The van der Waals surface area contributed by atoms with Gasteiger partial charge in [-0.2, -0.15) is 0 Å². The Kier molecular flexibility index (Phi) is 4.45. The number of hydrogen-bond acceptors (Lipinski definition) is 4. The number of benzene rings is 1. The van der Waals surface area contributed by atoms with Crippen molar-refractivity contribution in [2.45, 2.75) is 6.92 Å². The van der Waals surface area contributed by atoms with Gasteiger partial charge in [-0.1, -0.05) is 11.6 Å². The third-order valence-corrected chi connectivity index (χ3v) is 2.26. The highest BCUT2D eigenvalue weighted by Crippen LogP contribution is 2.29. The Hall–Kier alpha value is -1.62. The standard InChI is InChI=1S/C11H10ClFO4/c1-3-17-11(15)9(14)6-4-5-7(12)10(16-2)8(6)13/h4-5H,3H2,1-2H3. The summed E-state index contributed by atoms with van der Waals surface area (Å²) in [6.45, 7) is 1.58. The summed E-state index contributed by atoms with van der Waals surface area (Å²) >= 11 is 5.65. The average molecular weight is 261 g/mol. The van der Waals surface area contributed by atoms with Gasteiger partial charge in [-0.15, -0.1) is 0 Å². The Balaban J connectivity index is 3.15. The number of Topliss-reactive ketones (excluding diaryl/α,β-unsaturated/α-hetero) is 1. The summed E-state index contributed by atoms with van der Waals surface area (Å²) in [6, 6.07) is 2.38. The fourth-order valence-corrected chi connectivity index (χ4v) is 1.42. The molecule has 1 rings (SSSR count). The van der Waals surface area contributed by atoms with Gasteiger partial charge in [0.15, 0.2) is 11.6 Å². The van der Waals surface area contributed by atoms with Gasteiger partial charge in [-0.25, -0.2) is 9.18 Å². The summed E-state index contributed by atoms with van der Waals surface area (Å²) < 4.78 is 22.9. The van der Waals surface area contributed by atoms with E-state index in [1.807, 2.05) is 0 Å². The largest absolute Gasteiger partial charge is 0.492 e. The molecule has 0 atom stereocenters. The van der Waals surface area contributed by atoms with Gasteiger partial charge in [0.2, 0.25) is 0 Å². The quantitative estimate of drug-likeness (QED) is 0.473. The van der Waals surface area contributed by atoms with E-state index in [-0.39, 0.29) is 17.4 Å². The molecule has 0 fully saturated rings. The second-order valence-corrected chi connectivity index (χ2v) is 3.40. The van der Waals surface area contributed by atoms with Crippen LogP contribution in [0.4, 0.5) is 4.39 Å². The molecule has 0 aliphatic heterocycles. The van der Waals surface area contributed by atoms with E-state index in [2.05, 4.69) is 4.74 Å². The Morgan fingerprint density at radius 2 is 2.06 bits per heavy atom. The summed E-state index contributed by atoms with van der Waals surface area (Å²) in [5, 5.41) is 0.0189. The molecule has 1 aromatic rings. The van der Waals surface area contributed by atoms with Crippen LogP contribution in [0.1, 0.15) is 17.3 Å². The molecule has 0 spiro atoms. The third-order valence-electron chi connectivity index (χ3n) is 1.96. The number of ketones is 1. The molecule has 4 nitrogen and oxygen atoms in total. The van der Waals surface area contributed by atoms with Gasteiger partial charge in [-0.05, 0) is 19.1 Å². The average Bonchev–Trinajstić information content (AvgIpc) is 2.29. The Bertz CT molecular complexity index is 459. The highest BCUT2D eigenvalue weighted by molar-refractivity contribution is 6.41. The molecule has 17 heavy (non-hydrogen) atoms. The molecule has 0 radical (unpaired) electrons. The fourth-order valence-electron chi connectivity index (χ4n) is 1.20. The number of carbonyl (C=O) groups excluding carboxylic acids is 2. The van der Waals surface area contributed by atoms with Crippen molar-refractivity contribution in [3.63, 3.8) is 0 Å². The van der Waals surface area contributed by atoms with Gasteiger partial charge in [0.1, 0.15) is 0 Å². The Morgan fingerprint density at radius 1 is 1.41 bits per heavy atom. The van der Waals surface area contributed by atoms with Crippen molar-refractivity contribution in [1.82, 2.24) is 0 Å². The van der Waals surface area contributed by atoms with Crippen LogP contribution in [-0.2, 0) is 9.53 Å². The van der Waals surface area contributed by atoms with Crippen LogP contribution < -0.4 is 4.74 Å². The van der Waals surface area contributed by atoms with Crippen LogP contribution in [0.25, 0.3) is 0 Å². The van der Waals surface area contributed by atoms with Crippen molar-refractivity contribution in [3.05, 3.63) is 28.5 Å². The third kappa shape index (κ3) is 2.74. The minimum Gasteiger partial charge on any atom is -0.492 e. The highest BCUT2D eigenvalue weighted by Gasteiger charge is 2.24. The molecule has 0 saturated heterocycles. The first kappa shape index (κ1) is 13.4. The lowest BCUT2D eigenvalue weighted by Gasteiger charge is -2.07. The summed E-state index contributed by atoms with van der Waals surface area (Å²) in [4.78, 5) is 22.7. The molecule has 0 unspecified atom stereocenters. The predicted molar refractivity (Wildman–Crippen MR) is 58.9 cm³/mol. The van der Waals surface area contributed by atoms with Crippen LogP contribution in [0.3, 0.4) is 0 Å². The number of carbonyl (C=O) groups is 2. The number of esters is 1. The van der Waals surface area contributed by atoms with Gasteiger partial charge in [0.25, 0.3) is 5.78 Å².